The van der Waals surface area contributed by atoms with Crippen LogP contribution in [0, 0.1) is 5.41 Å². The van der Waals surface area contributed by atoms with Gasteiger partial charge in [-0.05, 0) is 24.7 Å². The summed E-state index contributed by atoms with van der Waals surface area (Å²) in [6.45, 7) is 7.08. The van der Waals surface area contributed by atoms with Crippen LogP contribution in [0.1, 0.15) is 52.9 Å². The number of nitrogens with one attached hydrogen (secondary N) is 1. The SMILES string of the molecule is CCC(CO)NC1CCCCC1(C)C. The van der Waals surface area contributed by atoms with E-state index in [1.54, 1.807) is 0 Å². The molecule has 0 aliphatic heterocycles. The largest absolute Gasteiger partial charge is 0.395 e. The molecule has 0 bridgehead atoms. The summed E-state index contributed by atoms with van der Waals surface area (Å²) in [5.74, 6) is 0. The topological polar surface area (TPSA) is 32.3 Å². The van der Waals surface area contributed by atoms with Gasteiger partial charge in [0, 0.05) is 12.1 Å². The molecule has 2 nitrogen and oxygen atoms in total. The predicted octanol–water partition coefficient (Wildman–Crippen LogP) is 2.32. The number of rotatable bonds is 4. The zero-order valence-electron chi connectivity index (χ0n) is 9.84. The van der Waals surface area contributed by atoms with Crippen LogP contribution >= 0.6 is 0 Å². The van der Waals surface area contributed by atoms with E-state index in [9.17, 15) is 0 Å². The average Bonchev–Trinajstić information content (AvgIpc) is 2.16. The van der Waals surface area contributed by atoms with Crippen LogP contribution in [0.15, 0.2) is 0 Å². The highest BCUT2D eigenvalue weighted by atomic mass is 16.3. The van der Waals surface area contributed by atoms with Gasteiger partial charge in [-0.15, -0.1) is 0 Å². The third-order valence-corrected chi connectivity index (χ3v) is 3.66. The second kappa shape index (κ2) is 5.13. The fourth-order valence-corrected chi connectivity index (χ4v) is 2.39. The molecule has 2 atom stereocenters. The molecule has 0 heterocycles. The second-order valence-electron chi connectivity index (χ2n) is 5.24. The molecule has 1 aliphatic rings. The maximum atomic E-state index is 9.16. The van der Waals surface area contributed by atoms with Crippen LogP contribution in [-0.2, 0) is 0 Å². The summed E-state index contributed by atoms with van der Waals surface area (Å²) in [6.07, 6.45) is 6.29. The molecule has 14 heavy (non-hydrogen) atoms. The Kier molecular flexibility index (Phi) is 4.39. The Morgan fingerprint density at radius 1 is 1.43 bits per heavy atom. The van der Waals surface area contributed by atoms with E-state index >= 15 is 0 Å². The highest BCUT2D eigenvalue weighted by Gasteiger charge is 2.32. The zero-order chi connectivity index (χ0) is 10.6. The number of aliphatic hydroxyl groups is 1. The molecule has 2 unspecified atom stereocenters. The van der Waals surface area contributed by atoms with Crippen molar-refractivity contribution in [2.45, 2.75) is 65.0 Å². The lowest BCUT2D eigenvalue weighted by Crippen LogP contribution is -2.49. The van der Waals surface area contributed by atoms with Gasteiger partial charge < -0.3 is 10.4 Å². The van der Waals surface area contributed by atoms with Gasteiger partial charge in [-0.25, -0.2) is 0 Å². The molecule has 84 valence electrons. The van der Waals surface area contributed by atoms with Crippen molar-refractivity contribution in [3.63, 3.8) is 0 Å². The van der Waals surface area contributed by atoms with Crippen molar-refractivity contribution < 1.29 is 5.11 Å². The fourth-order valence-electron chi connectivity index (χ4n) is 2.39. The van der Waals surface area contributed by atoms with Gasteiger partial charge >= 0.3 is 0 Å². The summed E-state index contributed by atoms with van der Waals surface area (Å²) >= 11 is 0. The smallest absolute Gasteiger partial charge is 0.0584 e. The molecule has 0 amide bonds. The third kappa shape index (κ3) is 2.96. The predicted molar refractivity (Wildman–Crippen MR) is 60.3 cm³/mol. The first-order valence-electron chi connectivity index (χ1n) is 5.97. The fraction of sp³-hybridized carbons (Fsp3) is 1.00. The van der Waals surface area contributed by atoms with E-state index in [0.717, 1.165) is 6.42 Å². The van der Waals surface area contributed by atoms with Crippen LogP contribution in [0.5, 0.6) is 0 Å². The lowest BCUT2D eigenvalue weighted by Gasteiger charge is -2.41. The summed E-state index contributed by atoms with van der Waals surface area (Å²) in [5.41, 5.74) is 0.404. The Balaban J connectivity index is 2.48. The van der Waals surface area contributed by atoms with Crippen LogP contribution in [0.2, 0.25) is 0 Å². The van der Waals surface area contributed by atoms with E-state index in [1.165, 1.54) is 25.7 Å². The van der Waals surface area contributed by atoms with E-state index in [0.29, 0.717) is 11.5 Å². The maximum Gasteiger partial charge on any atom is 0.0584 e. The molecular weight excluding hydrogens is 174 g/mol. The Morgan fingerprint density at radius 3 is 2.64 bits per heavy atom. The van der Waals surface area contributed by atoms with Crippen LogP contribution in [-0.4, -0.2) is 23.8 Å². The molecule has 1 rings (SSSR count). The highest BCUT2D eigenvalue weighted by Crippen LogP contribution is 2.35. The van der Waals surface area contributed by atoms with Crippen molar-refractivity contribution in [3.8, 4) is 0 Å². The Morgan fingerprint density at radius 2 is 2.14 bits per heavy atom. The van der Waals surface area contributed by atoms with Gasteiger partial charge in [0.15, 0.2) is 0 Å². The lowest BCUT2D eigenvalue weighted by atomic mass is 9.73. The molecule has 1 fully saturated rings. The second-order valence-corrected chi connectivity index (χ2v) is 5.24. The van der Waals surface area contributed by atoms with Gasteiger partial charge in [0.25, 0.3) is 0 Å². The normalized spacial score (nSPS) is 28.7. The lowest BCUT2D eigenvalue weighted by molar-refractivity contribution is 0.133. The Hall–Kier alpha value is -0.0800. The van der Waals surface area contributed by atoms with Gasteiger partial charge in [-0.2, -0.15) is 0 Å². The van der Waals surface area contributed by atoms with Gasteiger partial charge in [0.1, 0.15) is 0 Å². The summed E-state index contributed by atoms with van der Waals surface area (Å²) in [7, 11) is 0. The van der Waals surface area contributed by atoms with Crippen LogP contribution in [0.3, 0.4) is 0 Å². The van der Waals surface area contributed by atoms with Crippen molar-refractivity contribution in [2.75, 3.05) is 6.61 Å². The number of aliphatic hydroxyl groups excluding tert-OH is 1. The first kappa shape index (κ1) is 12.0. The zero-order valence-corrected chi connectivity index (χ0v) is 9.84. The highest BCUT2D eigenvalue weighted by molar-refractivity contribution is 4.89. The average molecular weight is 199 g/mol. The molecule has 2 heteroatoms. The van der Waals surface area contributed by atoms with Crippen molar-refractivity contribution in [3.05, 3.63) is 0 Å². The molecule has 0 aromatic rings. The van der Waals surface area contributed by atoms with E-state index in [1.807, 2.05) is 0 Å². The summed E-state index contributed by atoms with van der Waals surface area (Å²) < 4.78 is 0. The molecule has 0 spiro atoms. The quantitative estimate of drug-likeness (QED) is 0.728. The van der Waals surface area contributed by atoms with E-state index in [4.69, 9.17) is 5.11 Å². The molecule has 0 aromatic heterocycles. The molecule has 0 radical (unpaired) electrons. The molecule has 1 saturated carbocycles. The first-order chi connectivity index (χ1) is 6.60. The monoisotopic (exact) mass is 199 g/mol. The van der Waals surface area contributed by atoms with Gasteiger partial charge in [-0.3, -0.25) is 0 Å². The van der Waals surface area contributed by atoms with E-state index in [2.05, 4.69) is 26.1 Å². The van der Waals surface area contributed by atoms with Gasteiger partial charge in [-0.1, -0.05) is 33.6 Å². The molecular formula is C12H25NO. The molecule has 0 saturated heterocycles. The van der Waals surface area contributed by atoms with Crippen LogP contribution in [0.4, 0.5) is 0 Å². The Labute approximate surface area is 88.1 Å². The van der Waals surface area contributed by atoms with Crippen LogP contribution in [0.25, 0.3) is 0 Å². The minimum atomic E-state index is 0.267. The minimum Gasteiger partial charge on any atom is -0.395 e. The number of hydrogen-bond acceptors (Lipinski definition) is 2. The molecule has 0 aromatic carbocycles. The molecule has 2 N–H and O–H groups in total. The number of hydrogen-bond donors (Lipinski definition) is 2. The van der Waals surface area contributed by atoms with Crippen molar-refractivity contribution >= 4 is 0 Å². The summed E-state index contributed by atoms with van der Waals surface area (Å²) in [4.78, 5) is 0. The van der Waals surface area contributed by atoms with E-state index < -0.39 is 0 Å². The van der Waals surface area contributed by atoms with Gasteiger partial charge in [0.2, 0.25) is 0 Å². The summed E-state index contributed by atoms with van der Waals surface area (Å²) in [6, 6.07) is 0.880. The minimum absolute atomic E-state index is 0.267. The van der Waals surface area contributed by atoms with Crippen molar-refractivity contribution in [1.29, 1.82) is 0 Å². The van der Waals surface area contributed by atoms with Crippen LogP contribution < -0.4 is 5.32 Å². The van der Waals surface area contributed by atoms with Crippen molar-refractivity contribution in [1.82, 2.24) is 5.32 Å². The standard InChI is InChI=1S/C12H25NO/c1-4-10(9-14)13-11-7-5-6-8-12(11,2)3/h10-11,13-14H,4-9H2,1-3H3. The summed E-state index contributed by atoms with van der Waals surface area (Å²) in [5, 5.41) is 12.8. The first-order valence-corrected chi connectivity index (χ1v) is 5.97. The van der Waals surface area contributed by atoms with Crippen molar-refractivity contribution in [2.24, 2.45) is 5.41 Å². The molecule has 1 aliphatic carbocycles. The maximum absolute atomic E-state index is 9.16. The Bertz CT molecular complexity index is 164. The van der Waals surface area contributed by atoms with E-state index in [-0.39, 0.29) is 12.6 Å². The van der Waals surface area contributed by atoms with Gasteiger partial charge in [0.05, 0.1) is 6.61 Å². The third-order valence-electron chi connectivity index (χ3n) is 3.66.